The number of pyridine rings is 1. The minimum atomic E-state index is -0.103. The third kappa shape index (κ3) is 3.60. The monoisotopic (exact) mass is 414 g/mol. The molecule has 7 nitrogen and oxygen atoms in total. The normalized spacial score (nSPS) is 13.6. The number of amides is 1. The van der Waals surface area contributed by atoms with E-state index in [-0.39, 0.29) is 5.91 Å². The average molecular weight is 415 g/mol. The second kappa shape index (κ2) is 7.65. The van der Waals surface area contributed by atoms with Crippen LogP contribution in [0.2, 0.25) is 0 Å². The number of aryl methyl sites for hydroxylation is 3. The van der Waals surface area contributed by atoms with E-state index in [0.717, 1.165) is 58.8 Å². The average Bonchev–Trinajstić information content (AvgIpc) is 3.50. The Hall–Kier alpha value is -3.48. The summed E-state index contributed by atoms with van der Waals surface area (Å²) in [5.41, 5.74) is 6.07. The Morgan fingerprint density at radius 3 is 2.58 bits per heavy atom. The molecular weight excluding hydrogens is 388 g/mol. The molecule has 1 fully saturated rings. The van der Waals surface area contributed by atoms with Crippen molar-refractivity contribution in [2.45, 2.75) is 52.6 Å². The van der Waals surface area contributed by atoms with E-state index in [9.17, 15) is 4.79 Å². The van der Waals surface area contributed by atoms with Gasteiger partial charge in [-0.15, -0.1) is 0 Å². The van der Waals surface area contributed by atoms with E-state index in [1.807, 2.05) is 65.8 Å². The highest BCUT2D eigenvalue weighted by Gasteiger charge is 2.29. The first-order valence-corrected chi connectivity index (χ1v) is 10.8. The fourth-order valence-corrected chi connectivity index (χ4v) is 3.99. The molecule has 158 valence electrons. The third-order valence-corrected chi connectivity index (χ3v) is 5.89. The van der Waals surface area contributed by atoms with Crippen molar-refractivity contribution in [3.63, 3.8) is 0 Å². The fraction of sp³-hybridized carbons (Fsp3) is 0.333. The van der Waals surface area contributed by atoms with Gasteiger partial charge in [-0.05, 0) is 51.8 Å². The molecule has 4 aromatic rings. The van der Waals surface area contributed by atoms with Gasteiger partial charge < -0.3 is 5.32 Å². The molecule has 0 bridgehead atoms. The van der Waals surface area contributed by atoms with Crippen molar-refractivity contribution in [3.05, 3.63) is 70.8 Å². The Labute approximate surface area is 181 Å². The van der Waals surface area contributed by atoms with E-state index >= 15 is 0 Å². The number of hydrogen-bond acceptors (Lipinski definition) is 4. The van der Waals surface area contributed by atoms with Crippen molar-refractivity contribution in [1.82, 2.24) is 29.9 Å². The minimum Gasteiger partial charge on any atom is -0.348 e. The van der Waals surface area contributed by atoms with Crippen LogP contribution in [-0.2, 0) is 13.1 Å². The van der Waals surface area contributed by atoms with Crippen molar-refractivity contribution in [2.75, 3.05) is 0 Å². The molecule has 1 aromatic carbocycles. The van der Waals surface area contributed by atoms with Crippen LogP contribution in [0.5, 0.6) is 0 Å². The third-order valence-electron chi connectivity index (χ3n) is 5.89. The number of hydrogen-bond donors (Lipinski definition) is 1. The number of nitrogens with zero attached hydrogens (tertiary/aromatic N) is 5. The van der Waals surface area contributed by atoms with Gasteiger partial charge in [0.05, 0.1) is 28.0 Å². The van der Waals surface area contributed by atoms with E-state index in [2.05, 4.69) is 17.3 Å². The zero-order chi connectivity index (χ0) is 21.5. The Kier molecular flexibility index (Phi) is 4.81. The second-order valence-electron chi connectivity index (χ2n) is 8.18. The lowest BCUT2D eigenvalue weighted by Crippen LogP contribution is -2.23. The minimum absolute atomic E-state index is 0.103. The highest BCUT2D eigenvalue weighted by Crippen LogP contribution is 2.40. The van der Waals surface area contributed by atoms with Gasteiger partial charge in [0.2, 0.25) is 0 Å². The second-order valence-corrected chi connectivity index (χ2v) is 8.18. The number of nitrogens with one attached hydrogen (secondary N) is 1. The maximum absolute atomic E-state index is 13.3. The molecule has 7 heteroatoms. The zero-order valence-electron chi connectivity index (χ0n) is 18.1. The molecule has 31 heavy (non-hydrogen) atoms. The van der Waals surface area contributed by atoms with Crippen molar-refractivity contribution in [2.24, 2.45) is 0 Å². The quantitative estimate of drug-likeness (QED) is 0.516. The van der Waals surface area contributed by atoms with Gasteiger partial charge in [0.1, 0.15) is 0 Å². The molecular formula is C24H26N6O. The molecule has 0 saturated heterocycles. The van der Waals surface area contributed by atoms with Crippen LogP contribution < -0.4 is 5.32 Å². The Bertz CT molecular complexity index is 1270. The predicted octanol–water partition coefficient (Wildman–Crippen LogP) is 4.06. The van der Waals surface area contributed by atoms with Crippen molar-refractivity contribution >= 4 is 16.9 Å². The lowest BCUT2D eigenvalue weighted by Gasteiger charge is -2.09. The standard InChI is InChI=1S/C24H26N6O/c1-4-29-14-18(15(2)27-29)13-25-24(31)20-12-21(17-10-11-17)26-23-22(20)16(3)28-30(23)19-8-6-5-7-9-19/h5-9,12,14,17H,4,10-11,13H2,1-3H3,(H,25,31). The van der Waals surface area contributed by atoms with Gasteiger partial charge in [0.25, 0.3) is 5.91 Å². The molecule has 0 atom stereocenters. The van der Waals surface area contributed by atoms with Gasteiger partial charge in [-0.3, -0.25) is 9.48 Å². The van der Waals surface area contributed by atoms with Gasteiger partial charge in [-0.2, -0.15) is 10.2 Å². The maximum atomic E-state index is 13.3. The van der Waals surface area contributed by atoms with Crippen LogP contribution in [0.25, 0.3) is 16.7 Å². The van der Waals surface area contributed by atoms with Gasteiger partial charge in [0, 0.05) is 36.5 Å². The maximum Gasteiger partial charge on any atom is 0.252 e. The number of fused-ring (bicyclic) bond motifs is 1. The molecule has 3 aromatic heterocycles. The molecule has 0 unspecified atom stereocenters. The number of rotatable bonds is 6. The first kappa shape index (κ1) is 19.5. The molecule has 1 amide bonds. The summed E-state index contributed by atoms with van der Waals surface area (Å²) in [6.45, 7) is 7.21. The molecule has 1 saturated carbocycles. The summed E-state index contributed by atoms with van der Waals surface area (Å²) >= 11 is 0. The first-order chi connectivity index (χ1) is 15.0. The number of aromatic nitrogens is 5. The Balaban J connectivity index is 1.55. The molecule has 1 N–H and O–H groups in total. The van der Waals surface area contributed by atoms with Crippen molar-refractivity contribution in [3.8, 4) is 5.69 Å². The summed E-state index contributed by atoms with van der Waals surface area (Å²) in [6.07, 6.45) is 4.23. The Morgan fingerprint density at radius 2 is 1.90 bits per heavy atom. The highest BCUT2D eigenvalue weighted by atomic mass is 16.1. The van der Waals surface area contributed by atoms with Gasteiger partial charge in [-0.1, -0.05) is 18.2 Å². The predicted molar refractivity (Wildman–Crippen MR) is 119 cm³/mol. The molecule has 0 radical (unpaired) electrons. The van der Waals surface area contributed by atoms with E-state index < -0.39 is 0 Å². The van der Waals surface area contributed by atoms with E-state index in [0.29, 0.717) is 18.0 Å². The van der Waals surface area contributed by atoms with Crippen LogP contribution in [0.15, 0.2) is 42.6 Å². The lowest BCUT2D eigenvalue weighted by atomic mass is 10.1. The highest BCUT2D eigenvalue weighted by molar-refractivity contribution is 6.06. The van der Waals surface area contributed by atoms with Gasteiger partial charge in [0.15, 0.2) is 5.65 Å². The molecule has 0 spiro atoms. The fourth-order valence-electron chi connectivity index (χ4n) is 3.99. The summed E-state index contributed by atoms with van der Waals surface area (Å²) in [6, 6.07) is 11.9. The summed E-state index contributed by atoms with van der Waals surface area (Å²) < 4.78 is 3.74. The number of carbonyl (C=O) groups is 1. The first-order valence-electron chi connectivity index (χ1n) is 10.8. The van der Waals surface area contributed by atoms with Crippen molar-refractivity contribution in [1.29, 1.82) is 0 Å². The summed E-state index contributed by atoms with van der Waals surface area (Å²) in [7, 11) is 0. The van der Waals surface area contributed by atoms with Crippen LogP contribution in [0.4, 0.5) is 0 Å². The smallest absolute Gasteiger partial charge is 0.252 e. The molecule has 1 aliphatic rings. The van der Waals surface area contributed by atoms with E-state index in [1.165, 1.54) is 0 Å². The molecule has 5 rings (SSSR count). The topological polar surface area (TPSA) is 77.6 Å². The Morgan fingerprint density at radius 1 is 1.13 bits per heavy atom. The summed E-state index contributed by atoms with van der Waals surface area (Å²) in [5, 5.41) is 13.1. The largest absolute Gasteiger partial charge is 0.348 e. The van der Waals surface area contributed by atoms with E-state index in [1.54, 1.807) is 0 Å². The number of para-hydroxylation sites is 1. The SMILES string of the molecule is CCn1cc(CNC(=O)c2cc(C3CC3)nc3c2c(C)nn3-c2ccccc2)c(C)n1. The van der Waals surface area contributed by atoms with Crippen LogP contribution >= 0.6 is 0 Å². The van der Waals surface area contributed by atoms with E-state index in [4.69, 9.17) is 10.1 Å². The van der Waals surface area contributed by atoms with Crippen LogP contribution in [0.1, 0.15) is 58.7 Å². The zero-order valence-corrected chi connectivity index (χ0v) is 18.1. The molecule has 1 aliphatic carbocycles. The van der Waals surface area contributed by atoms with Gasteiger partial charge >= 0.3 is 0 Å². The summed E-state index contributed by atoms with van der Waals surface area (Å²) in [5.74, 6) is 0.328. The molecule has 3 heterocycles. The van der Waals surface area contributed by atoms with Crippen LogP contribution in [0.3, 0.4) is 0 Å². The van der Waals surface area contributed by atoms with Crippen LogP contribution in [0, 0.1) is 13.8 Å². The summed E-state index contributed by atoms with van der Waals surface area (Å²) in [4.78, 5) is 18.2. The number of benzene rings is 1. The lowest BCUT2D eigenvalue weighted by molar-refractivity contribution is 0.0952. The van der Waals surface area contributed by atoms with Crippen molar-refractivity contribution < 1.29 is 4.79 Å². The number of carbonyl (C=O) groups excluding carboxylic acids is 1. The molecule has 0 aliphatic heterocycles. The van der Waals surface area contributed by atoms with Gasteiger partial charge in [-0.25, -0.2) is 9.67 Å². The van der Waals surface area contributed by atoms with Crippen LogP contribution in [-0.4, -0.2) is 30.5 Å².